The minimum Gasteiger partial charge on any atom is -0.349 e. The van der Waals surface area contributed by atoms with Gasteiger partial charge in [0.25, 0.3) is 5.82 Å². The van der Waals surface area contributed by atoms with Crippen molar-refractivity contribution in [2.24, 2.45) is 28.6 Å². The summed E-state index contributed by atoms with van der Waals surface area (Å²) in [5.74, 6) is -0.421. The van der Waals surface area contributed by atoms with Crippen LogP contribution in [0.4, 0.5) is 13.2 Å². The number of aromatic nitrogens is 3. The van der Waals surface area contributed by atoms with E-state index in [1.54, 1.807) is 0 Å². The minimum atomic E-state index is -4.59. The zero-order valence-corrected chi connectivity index (χ0v) is 15.4. The SMILES string of the molecule is NC1CCC(C2=Nn3c(nnc3C(F)(F)F)CC3CC4OCOC4CC23)CC1. The van der Waals surface area contributed by atoms with E-state index < -0.39 is 12.0 Å². The molecule has 4 atom stereocenters. The molecule has 154 valence electrons. The topological polar surface area (TPSA) is 87.6 Å². The Morgan fingerprint density at radius 3 is 2.43 bits per heavy atom. The quantitative estimate of drug-likeness (QED) is 0.783. The van der Waals surface area contributed by atoms with Gasteiger partial charge >= 0.3 is 6.18 Å². The van der Waals surface area contributed by atoms with Gasteiger partial charge in [-0.25, -0.2) is 0 Å². The largest absolute Gasteiger partial charge is 0.453 e. The Hall–Kier alpha value is -1.52. The minimum absolute atomic E-state index is 0.00108. The summed E-state index contributed by atoms with van der Waals surface area (Å²) in [5.41, 5.74) is 6.89. The van der Waals surface area contributed by atoms with Crippen molar-refractivity contribution in [2.45, 2.75) is 69.4 Å². The Kier molecular flexibility index (Phi) is 4.48. The average molecular weight is 399 g/mol. The first-order valence-corrected chi connectivity index (χ1v) is 9.99. The maximum absolute atomic E-state index is 13.5. The number of ether oxygens (including phenoxy) is 2. The van der Waals surface area contributed by atoms with Crippen molar-refractivity contribution in [3.8, 4) is 0 Å². The van der Waals surface area contributed by atoms with Gasteiger partial charge in [-0.3, -0.25) is 0 Å². The summed E-state index contributed by atoms with van der Waals surface area (Å²) < 4.78 is 52.8. The van der Waals surface area contributed by atoms with Crippen molar-refractivity contribution in [3.05, 3.63) is 11.6 Å². The highest BCUT2D eigenvalue weighted by molar-refractivity contribution is 5.89. The molecule has 4 aliphatic rings. The molecule has 2 aliphatic carbocycles. The molecule has 2 aliphatic heterocycles. The number of hydrogen-bond donors (Lipinski definition) is 1. The number of rotatable bonds is 1. The van der Waals surface area contributed by atoms with Gasteiger partial charge in [0.2, 0.25) is 0 Å². The molecule has 3 fully saturated rings. The average Bonchev–Trinajstić information content (AvgIpc) is 3.23. The molecule has 28 heavy (non-hydrogen) atoms. The lowest BCUT2D eigenvalue weighted by Crippen LogP contribution is -2.43. The molecule has 10 heteroatoms. The molecule has 0 spiro atoms. The molecular weight excluding hydrogens is 375 g/mol. The normalized spacial score (nSPS) is 38.2. The molecule has 0 radical (unpaired) electrons. The summed E-state index contributed by atoms with van der Waals surface area (Å²) >= 11 is 0. The van der Waals surface area contributed by atoms with Crippen molar-refractivity contribution in [2.75, 3.05) is 6.79 Å². The van der Waals surface area contributed by atoms with Gasteiger partial charge in [0, 0.05) is 24.1 Å². The Balaban J connectivity index is 1.56. The van der Waals surface area contributed by atoms with Crippen LogP contribution in [-0.2, 0) is 22.1 Å². The van der Waals surface area contributed by atoms with Gasteiger partial charge in [-0.2, -0.15) is 22.9 Å². The lowest BCUT2D eigenvalue weighted by atomic mass is 9.68. The molecule has 5 rings (SSSR count). The summed E-state index contributed by atoms with van der Waals surface area (Å²) in [6, 6.07) is 0.164. The predicted octanol–water partition coefficient (Wildman–Crippen LogP) is 2.34. The van der Waals surface area contributed by atoms with E-state index in [2.05, 4.69) is 15.3 Å². The van der Waals surface area contributed by atoms with Gasteiger partial charge in [0.15, 0.2) is 5.82 Å². The van der Waals surface area contributed by atoms with Gasteiger partial charge in [0.1, 0.15) is 6.79 Å². The number of alkyl halides is 3. The van der Waals surface area contributed by atoms with Crippen LogP contribution in [0.3, 0.4) is 0 Å². The van der Waals surface area contributed by atoms with Crippen LogP contribution in [-0.4, -0.2) is 45.6 Å². The Bertz CT molecular complexity index is 772. The summed E-state index contributed by atoms with van der Waals surface area (Å²) in [7, 11) is 0. The second kappa shape index (κ2) is 6.77. The van der Waals surface area contributed by atoms with Gasteiger partial charge in [-0.15, -0.1) is 10.2 Å². The van der Waals surface area contributed by atoms with E-state index in [4.69, 9.17) is 15.2 Å². The molecule has 2 saturated carbocycles. The number of nitrogens with zero attached hydrogens (tertiary/aromatic N) is 4. The summed E-state index contributed by atoms with van der Waals surface area (Å²) in [5, 5.41) is 11.8. The zero-order valence-electron chi connectivity index (χ0n) is 15.4. The highest BCUT2D eigenvalue weighted by Crippen LogP contribution is 2.43. The number of nitrogens with two attached hydrogens (primary N) is 1. The van der Waals surface area contributed by atoms with E-state index in [9.17, 15) is 13.2 Å². The van der Waals surface area contributed by atoms with Crippen LogP contribution < -0.4 is 5.73 Å². The van der Waals surface area contributed by atoms with E-state index in [1.807, 2.05) is 0 Å². The van der Waals surface area contributed by atoms with Crippen LogP contribution in [0.5, 0.6) is 0 Å². The molecule has 1 aromatic heterocycles. The van der Waals surface area contributed by atoms with Crippen LogP contribution >= 0.6 is 0 Å². The lowest BCUT2D eigenvalue weighted by Gasteiger charge is -2.39. The third-order valence-corrected chi connectivity index (χ3v) is 6.76. The van der Waals surface area contributed by atoms with Gasteiger partial charge in [-0.05, 0) is 50.4 Å². The Labute approximate surface area is 160 Å². The van der Waals surface area contributed by atoms with Crippen LogP contribution in [0.25, 0.3) is 0 Å². The van der Waals surface area contributed by atoms with Gasteiger partial charge in [0.05, 0.1) is 12.2 Å². The number of hydrogen-bond acceptors (Lipinski definition) is 6. The fourth-order valence-electron chi connectivity index (χ4n) is 5.31. The number of fused-ring (bicyclic) bond motifs is 3. The Morgan fingerprint density at radius 2 is 1.71 bits per heavy atom. The molecule has 1 saturated heterocycles. The van der Waals surface area contributed by atoms with Crippen molar-refractivity contribution in [1.82, 2.24) is 14.9 Å². The first kappa shape index (κ1) is 18.5. The van der Waals surface area contributed by atoms with Crippen molar-refractivity contribution in [1.29, 1.82) is 0 Å². The van der Waals surface area contributed by atoms with E-state index in [0.29, 0.717) is 6.42 Å². The standard InChI is InChI=1S/C18H24F3N5O2/c19-18(20,21)17-24-23-15-6-10-5-13-14(28-8-27-13)7-12(10)16(25-26(15)17)9-1-3-11(22)4-2-9/h9-14H,1-8,22H2. The van der Waals surface area contributed by atoms with E-state index in [-0.39, 0.29) is 48.6 Å². The Morgan fingerprint density at radius 1 is 1.00 bits per heavy atom. The molecule has 0 aromatic carbocycles. The molecule has 0 bridgehead atoms. The molecule has 7 nitrogen and oxygen atoms in total. The van der Waals surface area contributed by atoms with E-state index in [0.717, 1.165) is 48.9 Å². The van der Waals surface area contributed by atoms with Crippen LogP contribution in [0.2, 0.25) is 0 Å². The zero-order chi connectivity index (χ0) is 19.5. The van der Waals surface area contributed by atoms with Crippen molar-refractivity contribution >= 4 is 5.71 Å². The summed E-state index contributed by atoms with van der Waals surface area (Å²) in [4.78, 5) is 0. The third-order valence-electron chi connectivity index (χ3n) is 6.76. The number of halogens is 3. The van der Waals surface area contributed by atoms with Crippen LogP contribution in [0.1, 0.15) is 50.2 Å². The lowest BCUT2D eigenvalue weighted by molar-refractivity contribution is -0.147. The molecule has 1 aromatic rings. The summed E-state index contributed by atoms with van der Waals surface area (Å²) in [6.45, 7) is 0.286. The van der Waals surface area contributed by atoms with Crippen molar-refractivity contribution < 1.29 is 22.6 Å². The smallest absolute Gasteiger partial charge is 0.349 e. The molecule has 4 unspecified atom stereocenters. The first-order chi connectivity index (χ1) is 13.4. The van der Waals surface area contributed by atoms with Gasteiger partial charge < -0.3 is 15.2 Å². The summed E-state index contributed by atoms with van der Waals surface area (Å²) in [6.07, 6.45) is 0.738. The second-order valence-corrected chi connectivity index (χ2v) is 8.46. The first-order valence-electron chi connectivity index (χ1n) is 9.99. The second-order valence-electron chi connectivity index (χ2n) is 8.46. The van der Waals surface area contributed by atoms with Crippen molar-refractivity contribution in [3.63, 3.8) is 0 Å². The maximum Gasteiger partial charge on any atom is 0.453 e. The van der Waals surface area contributed by atoms with Crippen LogP contribution in [0.15, 0.2) is 5.10 Å². The highest BCUT2D eigenvalue weighted by Gasteiger charge is 2.48. The fraction of sp³-hybridized carbons (Fsp3) is 0.833. The van der Waals surface area contributed by atoms with E-state index >= 15 is 0 Å². The van der Waals surface area contributed by atoms with Gasteiger partial charge in [-0.1, -0.05) is 0 Å². The predicted molar refractivity (Wildman–Crippen MR) is 92.3 cm³/mol. The molecule has 0 amide bonds. The highest BCUT2D eigenvalue weighted by atomic mass is 19.4. The van der Waals surface area contributed by atoms with Crippen LogP contribution in [0, 0.1) is 17.8 Å². The maximum atomic E-state index is 13.5. The van der Waals surface area contributed by atoms with E-state index in [1.165, 1.54) is 0 Å². The molecular formula is C18H24F3N5O2. The monoisotopic (exact) mass is 399 g/mol. The fourth-order valence-corrected chi connectivity index (χ4v) is 5.31. The molecule has 3 heterocycles. The third kappa shape index (κ3) is 3.15. The molecule has 2 N–H and O–H groups in total.